The molecule has 0 saturated heterocycles. The lowest BCUT2D eigenvalue weighted by Crippen LogP contribution is -2.26. The monoisotopic (exact) mass is 431 g/mol. The van der Waals surface area contributed by atoms with Gasteiger partial charge in [0.25, 0.3) is 5.91 Å². The number of carboxylic acid groups (broad SMARTS) is 1. The van der Waals surface area contributed by atoms with E-state index in [-0.39, 0.29) is 18.0 Å². The zero-order valence-corrected chi connectivity index (χ0v) is 18.2. The summed E-state index contributed by atoms with van der Waals surface area (Å²) in [5, 5.41) is 14.8. The van der Waals surface area contributed by atoms with Gasteiger partial charge in [0.15, 0.2) is 0 Å². The summed E-state index contributed by atoms with van der Waals surface area (Å²) >= 11 is 0. The molecule has 0 unspecified atom stereocenters. The molecule has 164 valence electrons. The van der Waals surface area contributed by atoms with E-state index in [1.807, 2.05) is 55.4 Å². The van der Waals surface area contributed by atoms with Crippen LogP contribution in [0.4, 0.5) is 5.69 Å². The average molecular weight is 431 g/mol. The SMILES string of the molecule is COc1ccc(CN(/N=C/c2ccc(C(=O)O)cc2)C(=O)c2ccc(N(C)C)cc2)cc1. The van der Waals surface area contributed by atoms with Crippen molar-refractivity contribution in [1.82, 2.24) is 5.01 Å². The molecule has 3 rings (SSSR count). The molecule has 0 aromatic heterocycles. The second-order valence-electron chi connectivity index (χ2n) is 7.32. The minimum Gasteiger partial charge on any atom is -0.497 e. The fourth-order valence-electron chi connectivity index (χ4n) is 2.97. The highest BCUT2D eigenvalue weighted by atomic mass is 16.5. The van der Waals surface area contributed by atoms with Crippen LogP contribution in [0.1, 0.15) is 31.8 Å². The lowest BCUT2D eigenvalue weighted by molar-refractivity contribution is 0.0695. The zero-order chi connectivity index (χ0) is 23.1. The van der Waals surface area contributed by atoms with Crippen molar-refractivity contribution >= 4 is 23.8 Å². The fraction of sp³-hybridized carbons (Fsp3) is 0.160. The van der Waals surface area contributed by atoms with E-state index in [1.165, 1.54) is 17.1 Å². The number of carbonyl (C=O) groups excluding carboxylic acids is 1. The molecule has 32 heavy (non-hydrogen) atoms. The molecule has 3 aromatic rings. The van der Waals surface area contributed by atoms with Crippen LogP contribution < -0.4 is 9.64 Å². The number of hydrogen-bond acceptors (Lipinski definition) is 5. The molecule has 3 aromatic carbocycles. The van der Waals surface area contributed by atoms with Crippen molar-refractivity contribution in [1.29, 1.82) is 0 Å². The number of rotatable bonds is 8. The second-order valence-corrected chi connectivity index (χ2v) is 7.32. The highest BCUT2D eigenvalue weighted by Crippen LogP contribution is 2.17. The average Bonchev–Trinajstić information content (AvgIpc) is 2.82. The molecule has 0 bridgehead atoms. The van der Waals surface area contributed by atoms with Gasteiger partial charge >= 0.3 is 5.97 Å². The van der Waals surface area contributed by atoms with Gasteiger partial charge < -0.3 is 14.7 Å². The second kappa shape index (κ2) is 10.3. The van der Waals surface area contributed by atoms with Gasteiger partial charge in [-0.25, -0.2) is 9.80 Å². The number of anilines is 1. The molecule has 1 N–H and O–H groups in total. The van der Waals surface area contributed by atoms with Crippen LogP contribution in [0.15, 0.2) is 77.9 Å². The number of aromatic carboxylic acids is 1. The number of hydrogen-bond donors (Lipinski definition) is 1. The smallest absolute Gasteiger partial charge is 0.335 e. The Kier molecular flexibility index (Phi) is 7.23. The van der Waals surface area contributed by atoms with Crippen molar-refractivity contribution in [3.63, 3.8) is 0 Å². The molecule has 1 amide bonds. The molecule has 0 radical (unpaired) electrons. The van der Waals surface area contributed by atoms with Gasteiger partial charge in [0.05, 0.1) is 25.4 Å². The molecule has 0 atom stereocenters. The Balaban J connectivity index is 1.86. The Morgan fingerprint density at radius 2 is 1.50 bits per heavy atom. The number of amides is 1. The maximum Gasteiger partial charge on any atom is 0.335 e. The molecule has 7 nitrogen and oxygen atoms in total. The Hall–Kier alpha value is -4.13. The van der Waals surface area contributed by atoms with Gasteiger partial charge in [-0.2, -0.15) is 5.10 Å². The van der Waals surface area contributed by atoms with E-state index in [0.717, 1.165) is 17.0 Å². The number of carbonyl (C=O) groups is 2. The summed E-state index contributed by atoms with van der Waals surface area (Å²) in [6, 6.07) is 21.0. The van der Waals surface area contributed by atoms with Gasteiger partial charge in [-0.3, -0.25) is 4.79 Å². The topological polar surface area (TPSA) is 82.4 Å². The van der Waals surface area contributed by atoms with Crippen LogP contribution in [0.2, 0.25) is 0 Å². The van der Waals surface area contributed by atoms with Crippen molar-refractivity contribution in [2.45, 2.75) is 6.54 Å². The summed E-state index contributed by atoms with van der Waals surface area (Å²) in [7, 11) is 5.47. The Labute approximate surface area is 187 Å². The molecule has 0 aliphatic carbocycles. The molecule has 7 heteroatoms. The van der Waals surface area contributed by atoms with E-state index < -0.39 is 5.97 Å². The van der Waals surface area contributed by atoms with Gasteiger partial charge in [-0.1, -0.05) is 24.3 Å². The summed E-state index contributed by atoms with van der Waals surface area (Å²) in [5.74, 6) is -0.511. The molecular weight excluding hydrogens is 406 g/mol. The van der Waals surface area contributed by atoms with Crippen LogP contribution >= 0.6 is 0 Å². The van der Waals surface area contributed by atoms with Gasteiger partial charge in [0.2, 0.25) is 0 Å². The standard InChI is InChI=1S/C25H25N3O4/c1-27(2)22-12-10-20(11-13-22)24(29)28(17-19-6-14-23(32-3)15-7-19)26-16-18-4-8-21(9-5-18)25(30)31/h4-16H,17H2,1-3H3,(H,30,31)/b26-16+. The van der Waals surface area contributed by atoms with Gasteiger partial charge in [0.1, 0.15) is 5.75 Å². The summed E-state index contributed by atoms with van der Waals surface area (Å²) in [4.78, 5) is 26.2. The minimum atomic E-state index is -0.994. The quantitative estimate of drug-likeness (QED) is 0.428. The van der Waals surface area contributed by atoms with E-state index in [0.29, 0.717) is 11.1 Å². The number of methoxy groups -OCH3 is 1. The Morgan fingerprint density at radius 1 is 0.906 bits per heavy atom. The number of hydrazone groups is 1. The first-order valence-electron chi connectivity index (χ1n) is 9.97. The Morgan fingerprint density at radius 3 is 2.03 bits per heavy atom. The number of ether oxygens (including phenoxy) is 1. The molecule has 0 saturated carbocycles. The lowest BCUT2D eigenvalue weighted by atomic mass is 10.1. The van der Waals surface area contributed by atoms with Crippen molar-refractivity contribution in [2.24, 2.45) is 5.10 Å². The van der Waals surface area contributed by atoms with E-state index in [4.69, 9.17) is 9.84 Å². The largest absolute Gasteiger partial charge is 0.497 e. The Bertz CT molecular complexity index is 1090. The molecule has 0 aliphatic rings. The first-order chi connectivity index (χ1) is 15.4. The maximum absolute atomic E-state index is 13.2. The first-order valence-corrected chi connectivity index (χ1v) is 9.97. The van der Waals surface area contributed by atoms with Crippen molar-refractivity contribution in [3.05, 3.63) is 95.1 Å². The van der Waals surface area contributed by atoms with E-state index in [1.54, 1.807) is 37.6 Å². The lowest BCUT2D eigenvalue weighted by Gasteiger charge is -2.18. The normalized spacial score (nSPS) is 10.7. The fourth-order valence-corrected chi connectivity index (χ4v) is 2.97. The molecular formula is C25H25N3O4. The van der Waals surface area contributed by atoms with Crippen LogP contribution in [0.3, 0.4) is 0 Å². The maximum atomic E-state index is 13.2. The summed E-state index contributed by atoms with van der Waals surface area (Å²) in [6.45, 7) is 0.266. The predicted molar refractivity (Wildman–Crippen MR) is 125 cm³/mol. The zero-order valence-electron chi connectivity index (χ0n) is 18.2. The highest BCUT2D eigenvalue weighted by molar-refractivity contribution is 5.95. The third-order valence-corrected chi connectivity index (χ3v) is 4.86. The summed E-state index contributed by atoms with van der Waals surface area (Å²) in [5.41, 5.74) is 3.27. The van der Waals surface area contributed by atoms with Gasteiger partial charge in [-0.05, 0) is 59.7 Å². The third-order valence-electron chi connectivity index (χ3n) is 4.86. The van der Waals surface area contributed by atoms with E-state index in [2.05, 4.69) is 5.10 Å². The van der Waals surface area contributed by atoms with Crippen LogP contribution in [0.5, 0.6) is 5.75 Å². The number of benzene rings is 3. The van der Waals surface area contributed by atoms with Crippen molar-refractivity contribution in [3.8, 4) is 5.75 Å². The van der Waals surface area contributed by atoms with E-state index in [9.17, 15) is 9.59 Å². The molecule has 0 spiro atoms. The van der Waals surface area contributed by atoms with Gasteiger partial charge in [-0.15, -0.1) is 0 Å². The summed E-state index contributed by atoms with van der Waals surface area (Å²) in [6.07, 6.45) is 1.54. The minimum absolute atomic E-state index is 0.189. The number of carboxylic acids is 1. The number of nitrogens with zero attached hydrogens (tertiary/aromatic N) is 3. The van der Waals surface area contributed by atoms with Crippen molar-refractivity contribution in [2.75, 3.05) is 26.1 Å². The summed E-state index contributed by atoms with van der Waals surface area (Å²) < 4.78 is 5.20. The van der Waals surface area contributed by atoms with Crippen molar-refractivity contribution < 1.29 is 19.4 Å². The van der Waals surface area contributed by atoms with Crippen LogP contribution in [0.25, 0.3) is 0 Å². The third kappa shape index (κ3) is 5.72. The highest BCUT2D eigenvalue weighted by Gasteiger charge is 2.16. The van der Waals surface area contributed by atoms with Gasteiger partial charge in [0, 0.05) is 25.3 Å². The predicted octanol–water partition coefficient (Wildman–Crippen LogP) is 4.14. The molecule has 0 fully saturated rings. The molecule has 0 heterocycles. The van der Waals surface area contributed by atoms with E-state index >= 15 is 0 Å². The molecule has 0 aliphatic heterocycles. The van der Waals surface area contributed by atoms with Crippen LogP contribution in [0, 0.1) is 0 Å². The van der Waals surface area contributed by atoms with Crippen LogP contribution in [-0.4, -0.2) is 49.4 Å². The first kappa shape index (κ1) is 22.6. The van der Waals surface area contributed by atoms with Crippen LogP contribution in [-0.2, 0) is 6.54 Å².